The summed E-state index contributed by atoms with van der Waals surface area (Å²) in [6.07, 6.45) is -3.34. The highest BCUT2D eigenvalue weighted by molar-refractivity contribution is 5.36. The molecule has 0 spiro atoms. The first-order valence-corrected chi connectivity index (χ1v) is 5.47. The number of aryl methyl sites for hydroxylation is 1. The highest BCUT2D eigenvalue weighted by Crippen LogP contribution is 2.34. The Morgan fingerprint density at radius 3 is 2.42 bits per heavy atom. The van der Waals surface area contributed by atoms with Crippen molar-refractivity contribution in [2.24, 2.45) is 5.73 Å². The van der Waals surface area contributed by atoms with Crippen molar-refractivity contribution in [3.8, 4) is 0 Å². The van der Waals surface area contributed by atoms with Crippen LogP contribution in [0.5, 0.6) is 0 Å². The van der Waals surface area contributed by atoms with Gasteiger partial charge in [-0.05, 0) is 30.7 Å². The van der Waals surface area contributed by atoms with Gasteiger partial charge in [0.25, 0.3) is 0 Å². The predicted molar refractivity (Wildman–Crippen MR) is 60.9 cm³/mol. The molecule has 19 heavy (non-hydrogen) atoms. The molecule has 2 rings (SSSR count). The lowest BCUT2D eigenvalue weighted by Crippen LogP contribution is -2.15. The fourth-order valence-corrected chi connectivity index (χ4v) is 1.85. The smallest absolute Gasteiger partial charge is 0.419 e. The normalized spacial score (nSPS) is 13.6. The Morgan fingerprint density at radius 1 is 1.21 bits per heavy atom. The largest absolute Gasteiger partial charge is 0.469 e. The van der Waals surface area contributed by atoms with Gasteiger partial charge in [-0.15, -0.1) is 0 Å². The zero-order chi connectivity index (χ0) is 14.2. The number of rotatable bonds is 2. The first kappa shape index (κ1) is 13.6. The molecule has 0 saturated carbocycles. The lowest BCUT2D eigenvalue weighted by Gasteiger charge is -2.14. The maximum absolute atomic E-state index is 13.2. The standard InChI is InChI=1S/C13H11F4NO/c1-7-9(4-5-19-7)12(18)8-2-3-11(14)10(6-8)13(15,16)17/h2-6,12H,18H2,1H3. The number of halogens is 4. The summed E-state index contributed by atoms with van der Waals surface area (Å²) in [5.74, 6) is -0.794. The van der Waals surface area contributed by atoms with Crippen molar-refractivity contribution in [1.82, 2.24) is 0 Å². The second-order valence-electron chi connectivity index (χ2n) is 4.15. The van der Waals surface area contributed by atoms with Gasteiger partial charge in [0, 0.05) is 5.56 Å². The number of nitrogens with two attached hydrogens (primary N) is 1. The summed E-state index contributed by atoms with van der Waals surface area (Å²) in [5.41, 5.74) is 5.30. The van der Waals surface area contributed by atoms with Crippen LogP contribution in [0.4, 0.5) is 17.6 Å². The minimum absolute atomic E-state index is 0.179. The zero-order valence-corrected chi connectivity index (χ0v) is 9.96. The molecular weight excluding hydrogens is 262 g/mol. The summed E-state index contributed by atoms with van der Waals surface area (Å²) in [6.45, 7) is 1.66. The van der Waals surface area contributed by atoms with E-state index in [4.69, 9.17) is 10.2 Å². The summed E-state index contributed by atoms with van der Waals surface area (Å²) in [7, 11) is 0. The number of benzene rings is 1. The summed E-state index contributed by atoms with van der Waals surface area (Å²) >= 11 is 0. The number of furan rings is 1. The van der Waals surface area contributed by atoms with Crippen molar-refractivity contribution in [1.29, 1.82) is 0 Å². The lowest BCUT2D eigenvalue weighted by atomic mass is 9.98. The van der Waals surface area contributed by atoms with Crippen LogP contribution in [-0.4, -0.2) is 0 Å². The van der Waals surface area contributed by atoms with E-state index >= 15 is 0 Å². The quantitative estimate of drug-likeness (QED) is 0.845. The van der Waals surface area contributed by atoms with Crippen molar-refractivity contribution >= 4 is 0 Å². The molecule has 1 aromatic carbocycles. The molecule has 0 aliphatic carbocycles. The van der Waals surface area contributed by atoms with Crippen LogP contribution in [0.25, 0.3) is 0 Å². The van der Waals surface area contributed by atoms with Crippen LogP contribution in [0, 0.1) is 12.7 Å². The predicted octanol–water partition coefficient (Wildman–Crippen LogP) is 3.79. The van der Waals surface area contributed by atoms with Crippen molar-refractivity contribution in [2.45, 2.75) is 19.1 Å². The minimum atomic E-state index is -4.74. The molecule has 1 atom stereocenters. The fourth-order valence-electron chi connectivity index (χ4n) is 1.85. The Hall–Kier alpha value is -1.82. The van der Waals surface area contributed by atoms with Gasteiger partial charge in [-0.25, -0.2) is 4.39 Å². The molecule has 1 heterocycles. The minimum Gasteiger partial charge on any atom is -0.469 e. The first-order valence-electron chi connectivity index (χ1n) is 5.47. The molecule has 0 saturated heterocycles. The molecule has 2 nitrogen and oxygen atoms in total. The van der Waals surface area contributed by atoms with Gasteiger partial charge in [0.2, 0.25) is 0 Å². The summed E-state index contributed by atoms with van der Waals surface area (Å²) in [5, 5.41) is 0. The van der Waals surface area contributed by atoms with Gasteiger partial charge in [-0.1, -0.05) is 6.07 Å². The molecule has 102 valence electrons. The second kappa shape index (κ2) is 4.70. The van der Waals surface area contributed by atoms with Gasteiger partial charge in [0.05, 0.1) is 17.9 Å². The van der Waals surface area contributed by atoms with Crippen molar-refractivity contribution < 1.29 is 22.0 Å². The lowest BCUT2D eigenvalue weighted by molar-refractivity contribution is -0.140. The molecule has 0 amide bonds. The Kier molecular flexibility index (Phi) is 3.36. The zero-order valence-electron chi connectivity index (χ0n) is 9.96. The number of hydrogen-bond acceptors (Lipinski definition) is 2. The maximum atomic E-state index is 13.2. The van der Waals surface area contributed by atoms with Gasteiger partial charge in [-0.2, -0.15) is 13.2 Å². The molecule has 6 heteroatoms. The highest BCUT2D eigenvalue weighted by atomic mass is 19.4. The molecule has 0 bridgehead atoms. The average Bonchev–Trinajstić information content (AvgIpc) is 2.73. The van der Waals surface area contributed by atoms with E-state index in [0.717, 1.165) is 12.1 Å². The second-order valence-corrected chi connectivity index (χ2v) is 4.15. The Labute approximate surface area is 106 Å². The Balaban J connectivity index is 2.44. The number of hydrogen-bond donors (Lipinski definition) is 1. The topological polar surface area (TPSA) is 39.2 Å². The third-order valence-electron chi connectivity index (χ3n) is 2.89. The maximum Gasteiger partial charge on any atom is 0.419 e. The first-order chi connectivity index (χ1) is 8.80. The summed E-state index contributed by atoms with van der Waals surface area (Å²) < 4.78 is 56.1. The SMILES string of the molecule is Cc1occc1C(N)c1ccc(F)c(C(F)(F)F)c1. The van der Waals surface area contributed by atoms with E-state index in [1.165, 1.54) is 12.3 Å². The third-order valence-corrected chi connectivity index (χ3v) is 2.89. The molecular formula is C13H11F4NO. The monoisotopic (exact) mass is 273 g/mol. The molecule has 1 unspecified atom stereocenters. The Bertz CT molecular complexity index is 589. The van der Waals surface area contributed by atoms with Crippen LogP contribution in [0.15, 0.2) is 34.9 Å². The summed E-state index contributed by atoms with van der Waals surface area (Å²) in [4.78, 5) is 0. The average molecular weight is 273 g/mol. The molecule has 0 aliphatic rings. The van der Waals surface area contributed by atoms with Crippen LogP contribution in [-0.2, 0) is 6.18 Å². The van der Waals surface area contributed by atoms with E-state index in [1.807, 2.05) is 0 Å². The molecule has 2 N–H and O–H groups in total. The highest BCUT2D eigenvalue weighted by Gasteiger charge is 2.34. The van der Waals surface area contributed by atoms with Crippen molar-refractivity contribution in [3.05, 3.63) is 58.8 Å². The third kappa shape index (κ3) is 2.63. The molecule has 0 radical (unpaired) electrons. The Morgan fingerprint density at radius 2 is 1.89 bits per heavy atom. The number of alkyl halides is 3. The van der Waals surface area contributed by atoms with Crippen LogP contribution >= 0.6 is 0 Å². The molecule has 0 fully saturated rings. The van der Waals surface area contributed by atoms with Gasteiger partial charge in [0.1, 0.15) is 11.6 Å². The molecule has 1 aromatic heterocycles. The molecule has 0 aliphatic heterocycles. The van der Waals surface area contributed by atoms with Crippen LogP contribution in [0.3, 0.4) is 0 Å². The van der Waals surface area contributed by atoms with E-state index in [-0.39, 0.29) is 5.56 Å². The van der Waals surface area contributed by atoms with Crippen LogP contribution in [0.1, 0.15) is 28.5 Å². The van der Waals surface area contributed by atoms with E-state index in [0.29, 0.717) is 11.3 Å². The van der Waals surface area contributed by atoms with E-state index in [9.17, 15) is 17.6 Å². The van der Waals surface area contributed by atoms with Gasteiger partial charge < -0.3 is 10.2 Å². The van der Waals surface area contributed by atoms with Crippen molar-refractivity contribution in [3.63, 3.8) is 0 Å². The fraction of sp³-hybridized carbons (Fsp3) is 0.231. The molecule has 2 aromatic rings. The van der Waals surface area contributed by atoms with Gasteiger partial charge in [-0.3, -0.25) is 0 Å². The van der Waals surface area contributed by atoms with Crippen LogP contribution in [0.2, 0.25) is 0 Å². The van der Waals surface area contributed by atoms with E-state index < -0.39 is 23.6 Å². The van der Waals surface area contributed by atoms with Gasteiger partial charge in [0.15, 0.2) is 0 Å². The summed E-state index contributed by atoms with van der Waals surface area (Å²) in [6, 6.07) is 3.53. The van der Waals surface area contributed by atoms with Crippen LogP contribution < -0.4 is 5.73 Å². The van der Waals surface area contributed by atoms with E-state index in [2.05, 4.69) is 0 Å². The van der Waals surface area contributed by atoms with Crippen molar-refractivity contribution in [2.75, 3.05) is 0 Å². The van der Waals surface area contributed by atoms with E-state index in [1.54, 1.807) is 13.0 Å². The van der Waals surface area contributed by atoms with Gasteiger partial charge >= 0.3 is 6.18 Å².